The summed E-state index contributed by atoms with van der Waals surface area (Å²) in [6.07, 6.45) is 9.12. The van der Waals surface area contributed by atoms with Gasteiger partial charge in [0, 0.05) is 18.5 Å². The summed E-state index contributed by atoms with van der Waals surface area (Å²) in [5.74, 6) is 0.797. The summed E-state index contributed by atoms with van der Waals surface area (Å²) in [4.78, 5) is 2.66. The molecule has 1 nitrogen and oxygen atoms in total. The van der Waals surface area contributed by atoms with Gasteiger partial charge in [0.1, 0.15) is 0 Å². The summed E-state index contributed by atoms with van der Waals surface area (Å²) < 4.78 is 0. The number of fused-ring (bicyclic) bond motifs is 1. The van der Waals surface area contributed by atoms with Crippen LogP contribution in [-0.4, -0.2) is 23.4 Å². The number of piperidine rings is 1. The molecule has 1 unspecified atom stereocenters. The van der Waals surface area contributed by atoms with Crippen LogP contribution in [0.4, 0.5) is 0 Å². The molecule has 0 radical (unpaired) electrons. The van der Waals surface area contributed by atoms with Gasteiger partial charge in [-0.05, 0) is 61.8 Å². The van der Waals surface area contributed by atoms with Crippen LogP contribution in [-0.2, 0) is 19.4 Å². The molecule has 0 N–H and O–H groups in total. The largest absolute Gasteiger partial charge is 0.296 e. The zero-order chi connectivity index (χ0) is 13.1. The Morgan fingerprint density at radius 3 is 2.89 bits per heavy atom. The molecule has 0 bridgehead atoms. The average Bonchev–Trinajstić information content (AvgIpc) is 2.89. The van der Waals surface area contributed by atoms with Crippen LogP contribution in [0.1, 0.15) is 48.8 Å². The Morgan fingerprint density at radius 2 is 2.00 bits per heavy atom. The SMILES string of the molecule is ClCCC1CCCCN1Cc1ccc2c(c1)CCC2. The van der Waals surface area contributed by atoms with E-state index in [1.807, 2.05) is 0 Å². The summed E-state index contributed by atoms with van der Waals surface area (Å²) >= 11 is 5.95. The van der Waals surface area contributed by atoms with Gasteiger partial charge in [0.05, 0.1) is 0 Å². The van der Waals surface area contributed by atoms with Crippen molar-refractivity contribution >= 4 is 11.6 Å². The Bertz CT molecular complexity index is 427. The molecule has 1 aliphatic carbocycles. The lowest BCUT2D eigenvalue weighted by Gasteiger charge is -2.35. The molecule has 1 aromatic rings. The molecule has 0 amide bonds. The van der Waals surface area contributed by atoms with Gasteiger partial charge >= 0.3 is 0 Å². The first-order chi connectivity index (χ1) is 9.36. The summed E-state index contributed by atoms with van der Waals surface area (Å²) in [7, 11) is 0. The number of hydrogen-bond donors (Lipinski definition) is 0. The van der Waals surface area contributed by atoms with E-state index >= 15 is 0 Å². The molecule has 0 aromatic heterocycles. The van der Waals surface area contributed by atoms with E-state index in [0.29, 0.717) is 6.04 Å². The second-order valence-corrected chi connectivity index (χ2v) is 6.43. The third-order valence-corrected chi connectivity index (χ3v) is 4.96. The summed E-state index contributed by atoms with van der Waals surface area (Å²) in [5, 5.41) is 0. The van der Waals surface area contributed by atoms with Crippen LogP contribution in [0.25, 0.3) is 0 Å². The van der Waals surface area contributed by atoms with E-state index in [1.54, 1.807) is 11.1 Å². The van der Waals surface area contributed by atoms with Crippen LogP contribution in [0.15, 0.2) is 18.2 Å². The molecule has 1 fully saturated rings. The molecule has 3 rings (SSSR count). The topological polar surface area (TPSA) is 3.24 Å². The van der Waals surface area contributed by atoms with Crippen molar-refractivity contribution < 1.29 is 0 Å². The van der Waals surface area contributed by atoms with Gasteiger partial charge in [-0.15, -0.1) is 11.6 Å². The van der Waals surface area contributed by atoms with E-state index in [9.17, 15) is 0 Å². The Kier molecular flexibility index (Phi) is 4.45. The first-order valence-electron chi connectivity index (χ1n) is 7.77. The van der Waals surface area contributed by atoms with Crippen molar-refractivity contribution in [1.29, 1.82) is 0 Å². The lowest BCUT2D eigenvalue weighted by Crippen LogP contribution is -2.39. The average molecular weight is 278 g/mol. The summed E-state index contributed by atoms with van der Waals surface area (Å²) in [6.45, 7) is 2.37. The van der Waals surface area contributed by atoms with Gasteiger partial charge in [0.2, 0.25) is 0 Å². The minimum Gasteiger partial charge on any atom is -0.296 e. The van der Waals surface area contributed by atoms with Crippen LogP contribution in [0.5, 0.6) is 0 Å². The monoisotopic (exact) mass is 277 g/mol. The zero-order valence-electron chi connectivity index (χ0n) is 11.7. The second kappa shape index (κ2) is 6.28. The highest BCUT2D eigenvalue weighted by atomic mass is 35.5. The maximum absolute atomic E-state index is 5.95. The molecule has 1 saturated heterocycles. The first kappa shape index (κ1) is 13.5. The molecule has 19 heavy (non-hydrogen) atoms. The number of alkyl halides is 1. The highest BCUT2D eigenvalue weighted by Crippen LogP contribution is 2.26. The van der Waals surface area contributed by atoms with E-state index in [0.717, 1.165) is 18.8 Å². The van der Waals surface area contributed by atoms with Gasteiger partial charge in [-0.3, -0.25) is 4.90 Å². The summed E-state index contributed by atoms with van der Waals surface area (Å²) in [6, 6.07) is 7.86. The molecule has 1 aliphatic heterocycles. The molecule has 1 atom stereocenters. The van der Waals surface area contributed by atoms with Crippen LogP contribution in [0.2, 0.25) is 0 Å². The Balaban J connectivity index is 1.69. The van der Waals surface area contributed by atoms with Gasteiger partial charge in [-0.25, -0.2) is 0 Å². The maximum Gasteiger partial charge on any atom is 0.0238 e. The highest BCUT2D eigenvalue weighted by molar-refractivity contribution is 6.17. The molecule has 1 heterocycles. The van der Waals surface area contributed by atoms with Gasteiger partial charge in [0.15, 0.2) is 0 Å². The minimum absolute atomic E-state index is 0.708. The molecule has 2 heteroatoms. The molecular formula is C17H24ClN. The van der Waals surface area contributed by atoms with Gasteiger partial charge in [-0.1, -0.05) is 24.6 Å². The van der Waals surface area contributed by atoms with Crippen molar-refractivity contribution in [2.45, 2.75) is 57.5 Å². The van der Waals surface area contributed by atoms with E-state index in [2.05, 4.69) is 23.1 Å². The molecule has 0 saturated carbocycles. The standard InChI is InChI=1S/C17H24ClN/c18-10-9-17-6-1-2-11-19(17)13-14-7-8-15-4-3-5-16(15)12-14/h7-8,12,17H,1-6,9-11,13H2. The van der Waals surface area contributed by atoms with Crippen LogP contribution >= 0.6 is 11.6 Å². The van der Waals surface area contributed by atoms with E-state index in [4.69, 9.17) is 11.6 Å². The van der Waals surface area contributed by atoms with E-state index in [-0.39, 0.29) is 0 Å². The smallest absolute Gasteiger partial charge is 0.0238 e. The predicted molar refractivity (Wildman–Crippen MR) is 81.9 cm³/mol. The number of halogens is 1. The molecule has 104 valence electrons. The van der Waals surface area contributed by atoms with Crippen molar-refractivity contribution in [2.75, 3.05) is 12.4 Å². The number of aryl methyl sites for hydroxylation is 2. The maximum atomic E-state index is 5.95. The third kappa shape index (κ3) is 3.14. The number of nitrogens with zero attached hydrogens (tertiary/aromatic N) is 1. The first-order valence-corrected chi connectivity index (χ1v) is 8.31. The molecule has 2 aliphatic rings. The lowest BCUT2D eigenvalue weighted by atomic mass is 9.98. The van der Waals surface area contributed by atoms with Crippen LogP contribution in [0, 0.1) is 0 Å². The fraction of sp³-hybridized carbons (Fsp3) is 0.647. The van der Waals surface area contributed by atoms with Gasteiger partial charge < -0.3 is 0 Å². The second-order valence-electron chi connectivity index (χ2n) is 6.05. The van der Waals surface area contributed by atoms with Crippen molar-refractivity contribution in [1.82, 2.24) is 4.90 Å². The molecular weight excluding hydrogens is 254 g/mol. The number of rotatable bonds is 4. The van der Waals surface area contributed by atoms with E-state index in [1.165, 1.54) is 50.6 Å². The van der Waals surface area contributed by atoms with Crippen molar-refractivity contribution in [3.63, 3.8) is 0 Å². The fourth-order valence-corrected chi connectivity index (χ4v) is 3.93. The van der Waals surface area contributed by atoms with E-state index < -0.39 is 0 Å². The number of likely N-dealkylation sites (tertiary alicyclic amines) is 1. The fourth-order valence-electron chi connectivity index (χ4n) is 3.68. The number of benzene rings is 1. The highest BCUT2D eigenvalue weighted by Gasteiger charge is 2.22. The zero-order valence-corrected chi connectivity index (χ0v) is 12.5. The minimum atomic E-state index is 0.708. The van der Waals surface area contributed by atoms with Crippen LogP contribution < -0.4 is 0 Å². The molecule has 0 spiro atoms. The van der Waals surface area contributed by atoms with Gasteiger partial charge in [0.25, 0.3) is 0 Å². The Labute approximate surface area is 121 Å². The Hall–Kier alpha value is -0.530. The number of hydrogen-bond acceptors (Lipinski definition) is 1. The normalized spacial score (nSPS) is 23.5. The Morgan fingerprint density at radius 1 is 1.11 bits per heavy atom. The van der Waals surface area contributed by atoms with Crippen LogP contribution in [0.3, 0.4) is 0 Å². The van der Waals surface area contributed by atoms with Crippen molar-refractivity contribution in [2.24, 2.45) is 0 Å². The third-order valence-electron chi connectivity index (χ3n) is 4.74. The van der Waals surface area contributed by atoms with Gasteiger partial charge in [-0.2, -0.15) is 0 Å². The van der Waals surface area contributed by atoms with Crippen molar-refractivity contribution in [3.8, 4) is 0 Å². The quantitative estimate of drug-likeness (QED) is 0.747. The lowest BCUT2D eigenvalue weighted by molar-refractivity contribution is 0.137. The molecule has 1 aromatic carbocycles. The predicted octanol–water partition coefficient (Wildman–Crippen LogP) is 4.16. The summed E-state index contributed by atoms with van der Waals surface area (Å²) in [5.41, 5.74) is 4.69. The van der Waals surface area contributed by atoms with Crippen molar-refractivity contribution in [3.05, 3.63) is 34.9 Å².